The predicted octanol–water partition coefficient (Wildman–Crippen LogP) is 2.22. The quantitative estimate of drug-likeness (QED) is 0.507. The van der Waals surface area contributed by atoms with Crippen LogP contribution in [0.2, 0.25) is 0 Å². The molecule has 1 aliphatic heterocycles. The first kappa shape index (κ1) is 14.5. The maximum atomic E-state index is 11.4. The molecule has 0 bridgehead atoms. The molecule has 0 aliphatic carbocycles. The minimum Gasteiger partial charge on any atom is -0.298 e. The molecule has 1 unspecified atom stereocenters. The molecule has 1 atom stereocenters. The van der Waals surface area contributed by atoms with Crippen LogP contribution in [0.1, 0.15) is 41.7 Å². The number of carbonyl (C=O) groups is 1. The van der Waals surface area contributed by atoms with Gasteiger partial charge >= 0.3 is 0 Å². The number of thiophene rings is 1. The summed E-state index contributed by atoms with van der Waals surface area (Å²) < 4.78 is 0. The third-order valence-electron chi connectivity index (χ3n) is 3.89. The fraction of sp³-hybridized carbons (Fsp3) is 0.643. The number of hydrazine groups is 1. The lowest BCUT2D eigenvalue weighted by atomic mass is 9.80. The summed E-state index contributed by atoms with van der Waals surface area (Å²) in [5, 5.41) is 0. The van der Waals surface area contributed by atoms with Crippen LogP contribution < -0.4 is 11.3 Å². The molecule has 0 radical (unpaired) electrons. The summed E-state index contributed by atoms with van der Waals surface area (Å²) >= 11 is 1.53. The standard InChI is InChI=1S/C14H23N3OS/c1-14(2,3)10-6-7-17(8-10)9-11-4-5-12(19-11)13(18)16-15/h4-5,10H,6-9,15H2,1-3H3,(H,16,18). The van der Waals surface area contributed by atoms with Gasteiger partial charge < -0.3 is 0 Å². The van der Waals surface area contributed by atoms with Gasteiger partial charge in [0.1, 0.15) is 0 Å². The summed E-state index contributed by atoms with van der Waals surface area (Å²) in [6.07, 6.45) is 1.27. The molecule has 106 valence electrons. The lowest BCUT2D eigenvalue weighted by Gasteiger charge is -2.27. The SMILES string of the molecule is CC(C)(C)C1CCN(Cc2ccc(C(=O)NN)s2)C1. The minimum atomic E-state index is -0.203. The van der Waals surface area contributed by atoms with Crippen molar-refractivity contribution in [3.8, 4) is 0 Å². The first-order valence-corrected chi connectivity index (χ1v) is 7.54. The fourth-order valence-electron chi connectivity index (χ4n) is 2.56. The second-order valence-electron chi connectivity index (χ2n) is 6.33. The number of carbonyl (C=O) groups excluding carboxylic acids is 1. The highest BCUT2D eigenvalue weighted by atomic mass is 32.1. The second-order valence-corrected chi connectivity index (χ2v) is 7.49. The summed E-state index contributed by atoms with van der Waals surface area (Å²) in [5.74, 6) is 5.70. The Morgan fingerprint density at radius 3 is 2.84 bits per heavy atom. The monoisotopic (exact) mass is 281 g/mol. The number of likely N-dealkylation sites (tertiary alicyclic amines) is 1. The molecule has 0 spiro atoms. The van der Waals surface area contributed by atoms with E-state index in [4.69, 9.17) is 5.84 Å². The molecular formula is C14H23N3OS. The van der Waals surface area contributed by atoms with Gasteiger partial charge in [0.15, 0.2) is 0 Å². The van der Waals surface area contributed by atoms with E-state index >= 15 is 0 Å². The largest absolute Gasteiger partial charge is 0.298 e. The van der Waals surface area contributed by atoms with Gasteiger partial charge in [-0.2, -0.15) is 0 Å². The van der Waals surface area contributed by atoms with Crippen LogP contribution in [0, 0.1) is 11.3 Å². The van der Waals surface area contributed by atoms with E-state index in [9.17, 15) is 4.79 Å². The topological polar surface area (TPSA) is 58.4 Å². The lowest BCUT2D eigenvalue weighted by molar-refractivity contribution is 0.0957. The molecule has 1 aliphatic rings. The van der Waals surface area contributed by atoms with E-state index in [0.717, 1.165) is 25.6 Å². The molecule has 0 saturated carbocycles. The number of nitrogen functional groups attached to an aromatic ring is 1. The van der Waals surface area contributed by atoms with Gasteiger partial charge in [0.25, 0.3) is 5.91 Å². The number of hydrogen-bond donors (Lipinski definition) is 2. The number of amides is 1. The van der Waals surface area contributed by atoms with Gasteiger partial charge in [-0.3, -0.25) is 15.1 Å². The Balaban J connectivity index is 1.92. The minimum absolute atomic E-state index is 0.203. The fourth-order valence-corrected chi connectivity index (χ4v) is 3.51. The molecular weight excluding hydrogens is 258 g/mol. The van der Waals surface area contributed by atoms with E-state index in [2.05, 4.69) is 31.1 Å². The van der Waals surface area contributed by atoms with Crippen LogP contribution in [0.3, 0.4) is 0 Å². The Labute approximate surface area is 118 Å². The zero-order valence-electron chi connectivity index (χ0n) is 11.9. The average Bonchev–Trinajstić information content (AvgIpc) is 2.97. The maximum absolute atomic E-state index is 11.4. The van der Waals surface area contributed by atoms with Crippen LogP contribution in [0.5, 0.6) is 0 Å². The molecule has 2 rings (SSSR count). The third kappa shape index (κ3) is 3.55. The summed E-state index contributed by atoms with van der Waals surface area (Å²) in [5.41, 5.74) is 2.56. The smallest absolute Gasteiger partial charge is 0.275 e. The molecule has 1 fully saturated rings. The molecule has 0 aromatic carbocycles. The maximum Gasteiger partial charge on any atom is 0.275 e. The normalized spacial score (nSPS) is 20.7. The van der Waals surface area contributed by atoms with Crippen molar-refractivity contribution < 1.29 is 4.79 Å². The van der Waals surface area contributed by atoms with Gasteiger partial charge in [0.2, 0.25) is 0 Å². The zero-order chi connectivity index (χ0) is 14.0. The van der Waals surface area contributed by atoms with Gasteiger partial charge in [-0.15, -0.1) is 11.3 Å². The Hall–Kier alpha value is -0.910. The molecule has 1 amide bonds. The number of nitrogens with one attached hydrogen (secondary N) is 1. The first-order chi connectivity index (χ1) is 8.90. The third-order valence-corrected chi connectivity index (χ3v) is 4.96. The van der Waals surface area contributed by atoms with Crippen molar-refractivity contribution in [2.45, 2.75) is 33.7 Å². The highest BCUT2D eigenvalue weighted by Crippen LogP contribution is 2.34. The van der Waals surface area contributed by atoms with E-state index in [-0.39, 0.29) is 5.91 Å². The molecule has 4 nitrogen and oxygen atoms in total. The van der Waals surface area contributed by atoms with Crippen LogP contribution >= 0.6 is 11.3 Å². The molecule has 2 heterocycles. The summed E-state index contributed by atoms with van der Waals surface area (Å²) in [6, 6.07) is 3.87. The molecule has 1 saturated heterocycles. The lowest BCUT2D eigenvalue weighted by Crippen LogP contribution is -2.29. The predicted molar refractivity (Wildman–Crippen MR) is 78.8 cm³/mol. The Morgan fingerprint density at radius 2 is 2.26 bits per heavy atom. The highest BCUT2D eigenvalue weighted by Gasteiger charge is 2.31. The van der Waals surface area contributed by atoms with Crippen molar-refractivity contribution in [1.29, 1.82) is 0 Å². The van der Waals surface area contributed by atoms with Crippen molar-refractivity contribution >= 4 is 17.2 Å². The van der Waals surface area contributed by atoms with Gasteiger partial charge in [-0.25, -0.2) is 5.84 Å². The van der Waals surface area contributed by atoms with E-state index in [1.807, 2.05) is 12.1 Å². The number of nitrogens with two attached hydrogens (primary N) is 1. The zero-order valence-corrected chi connectivity index (χ0v) is 12.7. The van der Waals surface area contributed by atoms with Gasteiger partial charge in [0, 0.05) is 18.0 Å². The molecule has 1 aromatic heterocycles. The Morgan fingerprint density at radius 1 is 1.53 bits per heavy atom. The number of nitrogens with zero attached hydrogens (tertiary/aromatic N) is 1. The summed E-state index contributed by atoms with van der Waals surface area (Å²) in [7, 11) is 0. The van der Waals surface area contributed by atoms with Gasteiger partial charge in [-0.05, 0) is 36.4 Å². The van der Waals surface area contributed by atoms with Crippen molar-refractivity contribution in [1.82, 2.24) is 10.3 Å². The van der Waals surface area contributed by atoms with Crippen molar-refractivity contribution in [3.63, 3.8) is 0 Å². The first-order valence-electron chi connectivity index (χ1n) is 6.72. The van der Waals surface area contributed by atoms with Crippen molar-refractivity contribution in [2.24, 2.45) is 17.2 Å². The van der Waals surface area contributed by atoms with Gasteiger partial charge in [-0.1, -0.05) is 20.8 Å². The van der Waals surface area contributed by atoms with Crippen molar-refractivity contribution in [3.05, 3.63) is 21.9 Å². The van der Waals surface area contributed by atoms with E-state index in [1.54, 1.807) is 0 Å². The van der Waals surface area contributed by atoms with Crippen LogP contribution in [0.15, 0.2) is 12.1 Å². The van der Waals surface area contributed by atoms with E-state index in [0.29, 0.717) is 10.3 Å². The van der Waals surface area contributed by atoms with Gasteiger partial charge in [0.05, 0.1) is 4.88 Å². The molecule has 3 N–H and O–H groups in total. The summed E-state index contributed by atoms with van der Waals surface area (Å²) in [6.45, 7) is 10.2. The van der Waals surface area contributed by atoms with E-state index in [1.165, 1.54) is 22.6 Å². The van der Waals surface area contributed by atoms with Crippen LogP contribution in [-0.2, 0) is 6.54 Å². The number of rotatable bonds is 3. The van der Waals surface area contributed by atoms with Crippen LogP contribution in [0.4, 0.5) is 0 Å². The Bertz CT molecular complexity index is 450. The summed E-state index contributed by atoms with van der Waals surface area (Å²) in [4.78, 5) is 15.8. The molecule has 5 heteroatoms. The van der Waals surface area contributed by atoms with Crippen LogP contribution in [-0.4, -0.2) is 23.9 Å². The van der Waals surface area contributed by atoms with Crippen LogP contribution in [0.25, 0.3) is 0 Å². The van der Waals surface area contributed by atoms with Crippen molar-refractivity contribution in [2.75, 3.05) is 13.1 Å². The molecule has 19 heavy (non-hydrogen) atoms. The highest BCUT2D eigenvalue weighted by molar-refractivity contribution is 7.14. The average molecular weight is 281 g/mol. The molecule has 1 aromatic rings. The second kappa shape index (κ2) is 5.61. The number of hydrogen-bond acceptors (Lipinski definition) is 4. The Kier molecular flexibility index (Phi) is 4.28. The van der Waals surface area contributed by atoms with E-state index < -0.39 is 0 Å².